The lowest BCUT2D eigenvalue weighted by Crippen LogP contribution is -2.07. The van der Waals surface area contributed by atoms with Crippen molar-refractivity contribution in [3.05, 3.63) is 91.0 Å². The zero-order valence-electron chi connectivity index (χ0n) is 12.6. The van der Waals surface area contributed by atoms with Crippen molar-refractivity contribution in [1.29, 1.82) is 0 Å². The molecule has 2 heteroatoms. The third-order valence-electron chi connectivity index (χ3n) is 3.46. The van der Waals surface area contributed by atoms with Crippen LogP contribution < -0.4 is 0 Å². The normalized spacial score (nSPS) is 12.0. The summed E-state index contributed by atoms with van der Waals surface area (Å²) in [6.07, 6.45) is 0. The Labute approximate surface area is 134 Å². The fraction of sp³-hybridized carbons (Fsp3) is 0.100. The zero-order chi connectivity index (χ0) is 15.3. The molecule has 0 atom stereocenters. The van der Waals surface area contributed by atoms with E-state index >= 15 is 0 Å². The Morgan fingerprint density at radius 3 is 1.64 bits per heavy atom. The molecule has 3 aromatic carbocycles. The van der Waals surface area contributed by atoms with Gasteiger partial charge in [-0.25, -0.2) is 0 Å². The highest BCUT2D eigenvalue weighted by Gasteiger charge is 2.31. The molecule has 0 N–H and O–H groups in total. The van der Waals surface area contributed by atoms with Gasteiger partial charge in [-0.1, -0.05) is 58.8 Å². The number of hydrogen-bond acceptors (Lipinski definition) is 1. The topological polar surface area (TPSA) is 9.23 Å². The van der Waals surface area contributed by atoms with Crippen LogP contribution in [-0.2, 0) is 4.18 Å². The van der Waals surface area contributed by atoms with Crippen molar-refractivity contribution in [3.63, 3.8) is 0 Å². The molecule has 0 heterocycles. The van der Waals surface area contributed by atoms with E-state index in [0.29, 0.717) is 6.61 Å². The van der Waals surface area contributed by atoms with E-state index in [0.717, 1.165) is 0 Å². The minimum atomic E-state index is -1.70. The Bertz CT molecular complexity index is 599. The Morgan fingerprint density at radius 2 is 1.18 bits per heavy atom. The highest BCUT2D eigenvalue weighted by Crippen LogP contribution is 2.68. The van der Waals surface area contributed by atoms with Gasteiger partial charge in [-0.15, -0.1) is 0 Å². The molecular weight excluding hydrogens is 288 g/mol. The van der Waals surface area contributed by atoms with Crippen molar-refractivity contribution in [2.45, 2.75) is 21.6 Å². The van der Waals surface area contributed by atoms with Crippen molar-refractivity contribution in [1.82, 2.24) is 0 Å². The minimum Gasteiger partial charge on any atom is -0.324 e. The van der Waals surface area contributed by atoms with Crippen molar-refractivity contribution in [3.8, 4) is 0 Å². The van der Waals surface area contributed by atoms with Gasteiger partial charge in [-0.3, -0.25) is 0 Å². The van der Waals surface area contributed by atoms with Crippen LogP contribution in [0.4, 0.5) is 0 Å². The summed E-state index contributed by atoms with van der Waals surface area (Å²) >= 11 is 0. The lowest BCUT2D eigenvalue weighted by Gasteiger charge is -2.40. The van der Waals surface area contributed by atoms with E-state index in [4.69, 9.17) is 4.18 Å². The van der Waals surface area contributed by atoms with Crippen LogP contribution in [-0.4, -0.2) is 6.61 Å². The van der Waals surface area contributed by atoms with E-state index < -0.39 is 10.3 Å². The van der Waals surface area contributed by atoms with Crippen LogP contribution in [0.2, 0.25) is 0 Å². The lowest BCUT2D eigenvalue weighted by atomic mass is 10.4. The first-order chi connectivity index (χ1) is 10.9. The molecular formula is C20H19OS. The smallest absolute Gasteiger partial charge is 0.0576 e. The summed E-state index contributed by atoms with van der Waals surface area (Å²) in [5.74, 6) is 0. The summed E-state index contributed by atoms with van der Waals surface area (Å²) < 4.78 is 6.46. The molecule has 111 valence electrons. The molecule has 3 rings (SSSR count). The molecule has 0 spiro atoms. The summed E-state index contributed by atoms with van der Waals surface area (Å²) in [6, 6.07) is 32.3. The van der Waals surface area contributed by atoms with Crippen LogP contribution in [0.15, 0.2) is 99.6 Å². The molecule has 0 unspecified atom stereocenters. The maximum absolute atomic E-state index is 6.46. The van der Waals surface area contributed by atoms with Gasteiger partial charge >= 0.3 is 0 Å². The van der Waals surface area contributed by atoms with E-state index in [9.17, 15) is 0 Å². The highest BCUT2D eigenvalue weighted by atomic mass is 32.3. The second kappa shape index (κ2) is 6.82. The SMILES string of the molecule is CCOS(c1cc[c]cc1)(c1ccccc1)c1ccccc1. The van der Waals surface area contributed by atoms with Gasteiger partial charge in [0.1, 0.15) is 0 Å². The molecule has 3 aromatic rings. The predicted molar refractivity (Wildman–Crippen MR) is 92.2 cm³/mol. The standard InChI is InChI=1S/C20H19OS/c1-2-21-22(18-12-6-3-7-13-18,19-14-8-4-9-15-19)20-16-10-5-11-17-20/h3-4,6-17H,2H2,1H3. The van der Waals surface area contributed by atoms with E-state index in [-0.39, 0.29) is 0 Å². The average Bonchev–Trinajstić information content (AvgIpc) is 2.62. The van der Waals surface area contributed by atoms with Gasteiger partial charge in [-0.05, 0) is 49.4 Å². The molecule has 0 bridgehead atoms. The van der Waals surface area contributed by atoms with Gasteiger partial charge in [0.2, 0.25) is 0 Å². The fourth-order valence-corrected chi connectivity index (χ4v) is 5.76. The first kappa shape index (κ1) is 14.9. The van der Waals surface area contributed by atoms with Gasteiger partial charge in [0.15, 0.2) is 0 Å². The maximum atomic E-state index is 6.46. The Hall–Kier alpha value is -2.03. The van der Waals surface area contributed by atoms with E-state index in [2.05, 4.69) is 73.7 Å². The van der Waals surface area contributed by atoms with E-state index in [1.807, 2.05) is 24.3 Å². The summed E-state index contributed by atoms with van der Waals surface area (Å²) in [7, 11) is -1.70. The molecule has 0 fully saturated rings. The van der Waals surface area contributed by atoms with Crippen LogP contribution in [0, 0.1) is 6.07 Å². The first-order valence-corrected chi connectivity index (χ1v) is 8.98. The Morgan fingerprint density at radius 1 is 0.727 bits per heavy atom. The summed E-state index contributed by atoms with van der Waals surface area (Å²) in [5.41, 5.74) is 0. The van der Waals surface area contributed by atoms with Crippen molar-refractivity contribution < 1.29 is 4.18 Å². The van der Waals surface area contributed by atoms with Gasteiger partial charge in [0.05, 0.1) is 6.61 Å². The van der Waals surface area contributed by atoms with Crippen molar-refractivity contribution >= 4 is 10.3 Å². The van der Waals surface area contributed by atoms with Crippen LogP contribution in [0.3, 0.4) is 0 Å². The second-order valence-electron chi connectivity index (χ2n) is 4.82. The predicted octanol–water partition coefficient (Wildman–Crippen LogP) is 5.72. The maximum Gasteiger partial charge on any atom is 0.0576 e. The third kappa shape index (κ3) is 2.68. The molecule has 22 heavy (non-hydrogen) atoms. The molecule has 0 aliphatic heterocycles. The summed E-state index contributed by atoms with van der Waals surface area (Å²) in [6.45, 7) is 2.72. The molecule has 0 saturated heterocycles. The zero-order valence-corrected chi connectivity index (χ0v) is 13.4. The minimum absolute atomic E-state index is 0.664. The number of benzene rings is 3. The second-order valence-corrected chi connectivity index (χ2v) is 7.59. The average molecular weight is 307 g/mol. The van der Waals surface area contributed by atoms with Gasteiger partial charge < -0.3 is 4.18 Å². The Kier molecular flexibility index (Phi) is 4.62. The number of rotatable bonds is 5. The van der Waals surface area contributed by atoms with E-state index in [1.54, 1.807) is 0 Å². The van der Waals surface area contributed by atoms with Gasteiger partial charge in [-0.2, -0.15) is 0 Å². The lowest BCUT2D eigenvalue weighted by molar-refractivity contribution is 0.380. The third-order valence-corrected chi connectivity index (χ3v) is 6.86. The number of hydrogen-bond donors (Lipinski definition) is 0. The molecule has 0 aliphatic carbocycles. The highest BCUT2D eigenvalue weighted by molar-refractivity contribution is 8.30. The van der Waals surface area contributed by atoms with Crippen LogP contribution in [0.5, 0.6) is 0 Å². The monoisotopic (exact) mass is 307 g/mol. The first-order valence-electron chi connectivity index (χ1n) is 7.42. The molecule has 1 nitrogen and oxygen atoms in total. The molecule has 1 radical (unpaired) electrons. The summed E-state index contributed by atoms with van der Waals surface area (Å²) in [4.78, 5) is 3.63. The van der Waals surface area contributed by atoms with Crippen LogP contribution in [0.1, 0.15) is 6.92 Å². The summed E-state index contributed by atoms with van der Waals surface area (Å²) in [5, 5.41) is 0. The van der Waals surface area contributed by atoms with Crippen LogP contribution in [0.25, 0.3) is 0 Å². The molecule has 0 aromatic heterocycles. The largest absolute Gasteiger partial charge is 0.324 e. The fourth-order valence-electron chi connectivity index (χ4n) is 2.58. The van der Waals surface area contributed by atoms with Gasteiger partial charge in [0, 0.05) is 14.7 Å². The quantitative estimate of drug-likeness (QED) is 0.585. The van der Waals surface area contributed by atoms with E-state index in [1.165, 1.54) is 14.7 Å². The van der Waals surface area contributed by atoms with Crippen molar-refractivity contribution in [2.24, 2.45) is 0 Å². The molecule has 0 saturated carbocycles. The van der Waals surface area contributed by atoms with Crippen LogP contribution >= 0.6 is 10.3 Å². The Balaban J connectivity index is 2.29. The van der Waals surface area contributed by atoms with Gasteiger partial charge in [0.25, 0.3) is 0 Å². The molecule has 0 amide bonds. The van der Waals surface area contributed by atoms with Crippen molar-refractivity contribution in [2.75, 3.05) is 6.61 Å². The molecule has 0 aliphatic rings.